The Morgan fingerprint density at radius 1 is 1.40 bits per heavy atom. The number of nitrogens with zero attached hydrogens (tertiary/aromatic N) is 3. The lowest BCUT2D eigenvalue weighted by Crippen LogP contribution is -2.43. The van der Waals surface area contributed by atoms with Crippen molar-refractivity contribution in [2.24, 2.45) is 0 Å². The molecule has 106 valence electrons. The van der Waals surface area contributed by atoms with Crippen LogP contribution in [0.25, 0.3) is 5.70 Å². The van der Waals surface area contributed by atoms with Crippen molar-refractivity contribution in [2.45, 2.75) is 32.7 Å². The second-order valence-corrected chi connectivity index (χ2v) is 4.73. The van der Waals surface area contributed by atoms with Crippen LogP contribution in [-0.2, 0) is 6.54 Å². The predicted octanol–water partition coefficient (Wildman–Crippen LogP) is 1.38. The highest BCUT2D eigenvalue weighted by molar-refractivity contribution is 6.67. The molecule has 0 aromatic carbocycles. The molecule has 0 bridgehead atoms. The monoisotopic (exact) mass is 295 g/mol. The van der Waals surface area contributed by atoms with E-state index in [4.69, 9.17) is 11.6 Å². The molecule has 0 fully saturated rings. The zero-order valence-corrected chi connectivity index (χ0v) is 11.8. The van der Waals surface area contributed by atoms with Crippen molar-refractivity contribution < 1.29 is 4.79 Å². The van der Waals surface area contributed by atoms with E-state index in [1.165, 1.54) is 0 Å². The summed E-state index contributed by atoms with van der Waals surface area (Å²) in [6, 6.07) is 0. The second kappa shape index (κ2) is 6.00. The highest BCUT2D eigenvalue weighted by Crippen LogP contribution is 2.11. The van der Waals surface area contributed by atoms with Gasteiger partial charge in [0.1, 0.15) is 0 Å². The number of halogens is 1. The Bertz CT molecular complexity index is 713. The quantitative estimate of drug-likeness (QED) is 0.787. The molecule has 0 saturated carbocycles. The van der Waals surface area contributed by atoms with E-state index < -0.39 is 22.2 Å². The third kappa shape index (κ3) is 2.65. The van der Waals surface area contributed by atoms with Crippen molar-refractivity contribution in [2.75, 3.05) is 0 Å². The zero-order chi connectivity index (χ0) is 14.7. The maximum Gasteiger partial charge on any atom is 0.352 e. The number of allylic oxidation sites excluding steroid dienone is 4. The molecule has 1 aromatic rings. The van der Waals surface area contributed by atoms with Gasteiger partial charge in [-0.3, -0.25) is 14.2 Å². The van der Waals surface area contributed by atoms with E-state index in [2.05, 4.69) is 5.10 Å². The first-order chi connectivity index (χ1) is 9.56. The van der Waals surface area contributed by atoms with Crippen LogP contribution in [0, 0.1) is 0 Å². The van der Waals surface area contributed by atoms with Crippen LogP contribution >= 0.6 is 11.6 Å². The molecular weight excluding hydrogens is 282 g/mol. The Balaban J connectivity index is 2.72. The number of rotatable bonds is 4. The second-order valence-electron chi connectivity index (χ2n) is 4.38. The van der Waals surface area contributed by atoms with Crippen molar-refractivity contribution in [3.63, 3.8) is 0 Å². The minimum absolute atomic E-state index is 0.217. The minimum atomic E-state index is -0.964. The molecule has 0 atom stereocenters. The Morgan fingerprint density at radius 3 is 2.70 bits per heavy atom. The first kappa shape index (κ1) is 14.5. The van der Waals surface area contributed by atoms with Gasteiger partial charge in [-0.2, -0.15) is 9.78 Å². The molecule has 1 aliphatic carbocycles. The summed E-state index contributed by atoms with van der Waals surface area (Å²) in [6.07, 6.45) is 7.72. The van der Waals surface area contributed by atoms with Crippen LogP contribution in [0.4, 0.5) is 0 Å². The fourth-order valence-corrected chi connectivity index (χ4v) is 2.10. The maximum absolute atomic E-state index is 12.3. The van der Waals surface area contributed by atoms with Crippen molar-refractivity contribution in [3.8, 4) is 0 Å². The molecule has 2 rings (SSSR count). The third-order valence-electron chi connectivity index (χ3n) is 2.91. The van der Waals surface area contributed by atoms with E-state index in [1.54, 1.807) is 6.08 Å². The van der Waals surface area contributed by atoms with Crippen LogP contribution in [0.5, 0.6) is 0 Å². The Hall–Kier alpha value is -1.95. The zero-order valence-electron chi connectivity index (χ0n) is 11.0. The third-order valence-corrected chi connectivity index (χ3v) is 3.09. The minimum Gasteiger partial charge on any atom is -0.274 e. The SMILES string of the molecule is CCCn1c(=O)c(C(=O)Cl)nn(C2=CCCC=C2)c1=O. The summed E-state index contributed by atoms with van der Waals surface area (Å²) in [7, 11) is 0. The first-order valence-corrected chi connectivity index (χ1v) is 6.75. The maximum atomic E-state index is 12.3. The lowest BCUT2D eigenvalue weighted by Gasteiger charge is -2.12. The van der Waals surface area contributed by atoms with Crippen molar-refractivity contribution >= 4 is 22.5 Å². The molecule has 0 amide bonds. The number of carbonyl (C=O) groups excluding carboxylic acids is 1. The number of hydrogen-bond donors (Lipinski definition) is 0. The van der Waals surface area contributed by atoms with Gasteiger partial charge in [0.15, 0.2) is 0 Å². The number of carbonyl (C=O) groups is 1. The first-order valence-electron chi connectivity index (χ1n) is 6.37. The highest BCUT2D eigenvalue weighted by Gasteiger charge is 2.18. The molecule has 6 nitrogen and oxygen atoms in total. The Labute approximate surface area is 120 Å². The Morgan fingerprint density at radius 2 is 2.15 bits per heavy atom. The number of aromatic nitrogens is 3. The van der Waals surface area contributed by atoms with Crippen LogP contribution in [0.1, 0.15) is 36.7 Å². The molecule has 0 spiro atoms. The normalized spacial score (nSPS) is 14.2. The fraction of sp³-hybridized carbons (Fsp3) is 0.385. The van der Waals surface area contributed by atoms with Crippen molar-refractivity contribution in [1.29, 1.82) is 0 Å². The van der Waals surface area contributed by atoms with Crippen LogP contribution in [-0.4, -0.2) is 19.6 Å². The molecule has 0 radical (unpaired) electrons. The van der Waals surface area contributed by atoms with Gasteiger partial charge in [-0.05, 0) is 36.9 Å². The van der Waals surface area contributed by atoms with Crippen LogP contribution in [0.15, 0.2) is 27.8 Å². The standard InChI is InChI=1S/C13H14ClN3O3/c1-2-8-16-12(19)10(11(14)18)15-17(13(16)20)9-6-4-3-5-7-9/h4,6-7H,2-3,5,8H2,1H3. The lowest BCUT2D eigenvalue weighted by atomic mass is 10.1. The van der Waals surface area contributed by atoms with E-state index in [0.29, 0.717) is 12.1 Å². The average Bonchev–Trinajstić information content (AvgIpc) is 2.44. The van der Waals surface area contributed by atoms with Gasteiger partial charge in [-0.25, -0.2) is 4.79 Å². The van der Waals surface area contributed by atoms with Gasteiger partial charge in [0.25, 0.3) is 10.8 Å². The smallest absolute Gasteiger partial charge is 0.274 e. The van der Waals surface area contributed by atoms with Crippen LogP contribution in [0.2, 0.25) is 0 Å². The average molecular weight is 296 g/mol. The summed E-state index contributed by atoms with van der Waals surface area (Å²) in [4.78, 5) is 35.6. The highest BCUT2D eigenvalue weighted by atomic mass is 35.5. The molecule has 0 aliphatic heterocycles. The van der Waals surface area contributed by atoms with E-state index in [1.807, 2.05) is 19.1 Å². The van der Waals surface area contributed by atoms with E-state index in [-0.39, 0.29) is 6.54 Å². The molecule has 0 unspecified atom stereocenters. The summed E-state index contributed by atoms with van der Waals surface area (Å²) in [5, 5.41) is 2.84. The fourth-order valence-electron chi connectivity index (χ4n) is 1.98. The Kier molecular flexibility index (Phi) is 4.34. The lowest BCUT2D eigenvalue weighted by molar-refractivity contribution is 0.107. The molecule has 1 heterocycles. The summed E-state index contributed by atoms with van der Waals surface area (Å²) in [6.45, 7) is 2.05. The molecule has 1 aromatic heterocycles. The van der Waals surface area contributed by atoms with Gasteiger partial charge in [0, 0.05) is 6.54 Å². The summed E-state index contributed by atoms with van der Waals surface area (Å²) in [5.41, 5.74) is -1.19. The van der Waals surface area contributed by atoms with Crippen LogP contribution < -0.4 is 11.2 Å². The van der Waals surface area contributed by atoms with E-state index in [0.717, 1.165) is 22.1 Å². The molecule has 7 heteroatoms. The van der Waals surface area contributed by atoms with E-state index >= 15 is 0 Å². The molecule has 0 saturated heterocycles. The van der Waals surface area contributed by atoms with Crippen LogP contribution in [0.3, 0.4) is 0 Å². The largest absolute Gasteiger partial charge is 0.352 e. The van der Waals surface area contributed by atoms with Gasteiger partial charge in [0.05, 0.1) is 5.70 Å². The topological polar surface area (TPSA) is 74.0 Å². The molecule has 0 N–H and O–H groups in total. The number of hydrogen-bond acceptors (Lipinski definition) is 4. The van der Waals surface area contributed by atoms with Gasteiger partial charge in [0.2, 0.25) is 5.69 Å². The molecule has 20 heavy (non-hydrogen) atoms. The van der Waals surface area contributed by atoms with Gasteiger partial charge in [-0.15, -0.1) is 0 Å². The summed E-state index contributed by atoms with van der Waals surface area (Å²) >= 11 is 5.38. The van der Waals surface area contributed by atoms with Gasteiger partial charge in [-0.1, -0.05) is 19.1 Å². The van der Waals surface area contributed by atoms with Crippen molar-refractivity contribution in [1.82, 2.24) is 14.3 Å². The van der Waals surface area contributed by atoms with Gasteiger partial charge < -0.3 is 0 Å². The van der Waals surface area contributed by atoms with E-state index in [9.17, 15) is 14.4 Å². The summed E-state index contributed by atoms with van der Waals surface area (Å²) in [5.74, 6) is 0. The van der Waals surface area contributed by atoms with Crippen molar-refractivity contribution in [3.05, 3.63) is 44.8 Å². The van der Waals surface area contributed by atoms with Gasteiger partial charge >= 0.3 is 5.69 Å². The molecular formula is C13H14ClN3O3. The molecule has 1 aliphatic rings. The summed E-state index contributed by atoms with van der Waals surface area (Å²) < 4.78 is 2.05. The predicted molar refractivity (Wildman–Crippen MR) is 75.9 cm³/mol.